The van der Waals surface area contributed by atoms with E-state index in [-0.39, 0.29) is 12.1 Å². The fourth-order valence-electron chi connectivity index (χ4n) is 2.44. The highest BCUT2D eigenvalue weighted by molar-refractivity contribution is 7.10. The monoisotopic (exact) mass is 294 g/mol. The second-order valence-electron chi connectivity index (χ2n) is 4.52. The molecular formula is C13H14N2O2S2. The van der Waals surface area contributed by atoms with E-state index in [0.29, 0.717) is 12.8 Å². The molecule has 19 heavy (non-hydrogen) atoms. The molecule has 0 spiro atoms. The van der Waals surface area contributed by atoms with Crippen LogP contribution in [0.1, 0.15) is 34.7 Å². The maximum atomic E-state index is 10.5. The zero-order chi connectivity index (χ0) is 13.2. The van der Waals surface area contributed by atoms with Crippen molar-refractivity contribution < 1.29 is 10.4 Å². The summed E-state index contributed by atoms with van der Waals surface area (Å²) < 4.78 is 0. The Hall–Kier alpha value is -1.21. The Bertz CT molecular complexity index is 505. The largest absolute Gasteiger partial charge is 0.411 e. The minimum Gasteiger partial charge on any atom is -0.411 e. The van der Waals surface area contributed by atoms with E-state index in [0.717, 1.165) is 15.5 Å². The van der Waals surface area contributed by atoms with Crippen molar-refractivity contribution in [3.63, 3.8) is 0 Å². The third-order valence-electron chi connectivity index (χ3n) is 3.38. The normalized spacial score (nSPS) is 24.6. The highest BCUT2D eigenvalue weighted by atomic mass is 32.1. The summed E-state index contributed by atoms with van der Waals surface area (Å²) in [6.45, 7) is 0. The molecular weight excluding hydrogens is 280 g/mol. The van der Waals surface area contributed by atoms with Gasteiger partial charge in [0.1, 0.15) is 0 Å². The summed E-state index contributed by atoms with van der Waals surface area (Å²) in [5.41, 5.74) is 0.738. The first-order valence-corrected chi connectivity index (χ1v) is 7.79. The summed E-state index contributed by atoms with van der Waals surface area (Å²) in [6.07, 6.45) is 1.13. The van der Waals surface area contributed by atoms with Crippen molar-refractivity contribution in [2.75, 3.05) is 0 Å². The summed E-state index contributed by atoms with van der Waals surface area (Å²) in [7, 11) is 0. The third kappa shape index (κ3) is 2.44. The number of hydroxylamine groups is 2. The van der Waals surface area contributed by atoms with Crippen LogP contribution in [0.25, 0.3) is 0 Å². The quantitative estimate of drug-likeness (QED) is 0.652. The van der Waals surface area contributed by atoms with Gasteiger partial charge in [0.2, 0.25) is 0 Å². The van der Waals surface area contributed by atoms with Gasteiger partial charge in [-0.05, 0) is 22.9 Å². The Labute approximate surface area is 119 Å². The molecule has 2 aromatic heterocycles. The van der Waals surface area contributed by atoms with Crippen LogP contribution in [-0.4, -0.2) is 21.2 Å². The Kier molecular flexibility index (Phi) is 3.65. The van der Waals surface area contributed by atoms with Crippen molar-refractivity contribution in [1.82, 2.24) is 5.06 Å². The molecule has 1 fully saturated rings. The summed E-state index contributed by atoms with van der Waals surface area (Å²) in [4.78, 5) is 2.18. The van der Waals surface area contributed by atoms with Crippen LogP contribution in [-0.2, 0) is 0 Å². The zero-order valence-corrected chi connectivity index (χ0v) is 11.8. The molecule has 100 valence electrons. The molecule has 0 amide bonds. The number of thiophene rings is 2. The smallest absolute Gasteiger partial charge is 0.0753 e. The van der Waals surface area contributed by atoms with Crippen molar-refractivity contribution in [2.24, 2.45) is 5.16 Å². The summed E-state index contributed by atoms with van der Waals surface area (Å²) in [6, 6.07) is 7.68. The maximum absolute atomic E-state index is 10.5. The highest BCUT2D eigenvalue weighted by Gasteiger charge is 2.36. The third-order valence-corrected chi connectivity index (χ3v) is 5.33. The van der Waals surface area contributed by atoms with Crippen LogP contribution in [0.5, 0.6) is 0 Å². The standard InChI is InChI=1S/C13H14N2O2S2/c16-14-9-7-10(12-3-1-5-18-12)15(17)11(8-9)13-4-2-6-19-13/h1-6,10-11,16-17H,7-8H2/t10-,11-/m1/s1. The second kappa shape index (κ2) is 5.42. The summed E-state index contributed by atoms with van der Waals surface area (Å²) in [5, 5.41) is 28.4. The predicted octanol–water partition coefficient (Wildman–Crippen LogP) is 3.91. The fraction of sp³-hybridized carbons (Fsp3) is 0.308. The van der Waals surface area contributed by atoms with Crippen LogP contribution in [0, 0.1) is 0 Å². The van der Waals surface area contributed by atoms with E-state index in [2.05, 4.69) is 5.16 Å². The molecule has 6 heteroatoms. The molecule has 0 bridgehead atoms. The van der Waals surface area contributed by atoms with Gasteiger partial charge in [0.15, 0.2) is 0 Å². The van der Waals surface area contributed by atoms with E-state index in [1.54, 1.807) is 22.7 Å². The Balaban J connectivity index is 1.93. The number of hydrogen-bond donors (Lipinski definition) is 2. The molecule has 0 radical (unpaired) electrons. The number of rotatable bonds is 2. The maximum Gasteiger partial charge on any atom is 0.0753 e. The van der Waals surface area contributed by atoms with Gasteiger partial charge in [-0.15, -0.1) is 22.7 Å². The Morgan fingerprint density at radius 3 is 1.95 bits per heavy atom. The van der Waals surface area contributed by atoms with Crippen molar-refractivity contribution in [2.45, 2.75) is 24.9 Å². The van der Waals surface area contributed by atoms with Crippen molar-refractivity contribution in [3.8, 4) is 0 Å². The molecule has 3 rings (SSSR count). The van der Waals surface area contributed by atoms with Gasteiger partial charge in [-0.2, -0.15) is 5.06 Å². The molecule has 0 unspecified atom stereocenters. The van der Waals surface area contributed by atoms with Crippen LogP contribution in [0.3, 0.4) is 0 Å². The van der Waals surface area contributed by atoms with Crippen LogP contribution < -0.4 is 0 Å². The molecule has 1 aliphatic rings. The first-order valence-electron chi connectivity index (χ1n) is 6.03. The average molecular weight is 294 g/mol. The molecule has 0 saturated carbocycles. The van der Waals surface area contributed by atoms with Gasteiger partial charge in [-0.25, -0.2) is 0 Å². The topological polar surface area (TPSA) is 56.1 Å². The van der Waals surface area contributed by atoms with Crippen LogP contribution >= 0.6 is 22.7 Å². The van der Waals surface area contributed by atoms with Gasteiger partial charge in [0.05, 0.1) is 17.8 Å². The summed E-state index contributed by atoms with van der Waals surface area (Å²) in [5.74, 6) is 0. The fourth-order valence-corrected chi connectivity index (χ4v) is 4.08. The molecule has 0 aliphatic carbocycles. The van der Waals surface area contributed by atoms with E-state index in [4.69, 9.17) is 5.21 Å². The zero-order valence-electron chi connectivity index (χ0n) is 10.1. The average Bonchev–Trinajstić information content (AvgIpc) is 3.12. The van der Waals surface area contributed by atoms with Crippen molar-refractivity contribution in [1.29, 1.82) is 0 Å². The van der Waals surface area contributed by atoms with E-state index in [1.165, 1.54) is 5.06 Å². The van der Waals surface area contributed by atoms with Gasteiger partial charge in [0, 0.05) is 22.6 Å². The number of oxime groups is 1. The van der Waals surface area contributed by atoms with Crippen LogP contribution in [0.4, 0.5) is 0 Å². The minimum atomic E-state index is -0.133. The van der Waals surface area contributed by atoms with Crippen molar-refractivity contribution >= 4 is 28.4 Å². The molecule has 0 aromatic carbocycles. The lowest BCUT2D eigenvalue weighted by Crippen LogP contribution is -2.36. The molecule has 1 saturated heterocycles. The van der Waals surface area contributed by atoms with Gasteiger partial charge >= 0.3 is 0 Å². The Morgan fingerprint density at radius 2 is 1.58 bits per heavy atom. The molecule has 2 aromatic rings. The van der Waals surface area contributed by atoms with Gasteiger partial charge in [-0.1, -0.05) is 17.3 Å². The van der Waals surface area contributed by atoms with E-state index in [1.807, 2.05) is 35.0 Å². The first kappa shape index (κ1) is 12.8. The summed E-state index contributed by atoms with van der Waals surface area (Å²) >= 11 is 3.22. The lowest BCUT2D eigenvalue weighted by molar-refractivity contribution is -0.165. The molecule has 2 N–H and O–H groups in total. The number of piperidine rings is 1. The number of hydrogen-bond acceptors (Lipinski definition) is 6. The van der Waals surface area contributed by atoms with Crippen LogP contribution in [0.15, 0.2) is 40.2 Å². The number of nitrogens with zero attached hydrogens (tertiary/aromatic N) is 2. The van der Waals surface area contributed by atoms with Gasteiger partial charge in [-0.3, -0.25) is 0 Å². The van der Waals surface area contributed by atoms with E-state index < -0.39 is 0 Å². The van der Waals surface area contributed by atoms with Gasteiger partial charge in [0.25, 0.3) is 0 Å². The molecule has 2 atom stereocenters. The SMILES string of the molecule is ON=C1C[C@H](c2cccs2)N(O)[C@@H](c2cccs2)C1. The van der Waals surface area contributed by atoms with Crippen molar-refractivity contribution in [3.05, 3.63) is 44.8 Å². The Morgan fingerprint density at radius 1 is 1.05 bits per heavy atom. The minimum absolute atomic E-state index is 0.133. The molecule has 4 nitrogen and oxygen atoms in total. The second-order valence-corrected chi connectivity index (χ2v) is 6.48. The predicted molar refractivity (Wildman–Crippen MR) is 76.2 cm³/mol. The van der Waals surface area contributed by atoms with E-state index >= 15 is 0 Å². The lowest BCUT2D eigenvalue weighted by Gasteiger charge is -2.36. The first-order chi connectivity index (χ1) is 9.29. The van der Waals surface area contributed by atoms with E-state index in [9.17, 15) is 5.21 Å². The molecule has 3 heterocycles. The lowest BCUT2D eigenvalue weighted by atomic mass is 9.94. The van der Waals surface area contributed by atoms with Gasteiger partial charge < -0.3 is 10.4 Å². The molecule has 1 aliphatic heterocycles. The van der Waals surface area contributed by atoms with Crippen LogP contribution in [0.2, 0.25) is 0 Å². The highest BCUT2D eigenvalue weighted by Crippen LogP contribution is 2.41.